The minimum Gasteiger partial charge on any atom is -0.377 e. The molecule has 1 aromatic heterocycles. The van der Waals surface area contributed by atoms with Crippen LogP contribution in [-0.2, 0) is 11.3 Å². The van der Waals surface area contributed by atoms with E-state index in [1.165, 1.54) is 0 Å². The smallest absolute Gasteiger partial charge is 0.255 e. The molecule has 112 valence electrons. The molecule has 0 spiro atoms. The van der Waals surface area contributed by atoms with Crippen LogP contribution in [0.25, 0.3) is 11.0 Å². The van der Waals surface area contributed by atoms with Gasteiger partial charge in [-0.2, -0.15) is 0 Å². The second kappa shape index (κ2) is 6.17. The average molecular weight is 316 g/mol. The molecule has 6 heteroatoms. The molecule has 0 unspecified atom stereocenters. The lowest BCUT2D eigenvalue weighted by atomic mass is 10.2. The quantitative estimate of drug-likeness (QED) is 0.772. The van der Waals surface area contributed by atoms with Gasteiger partial charge in [0.25, 0.3) is 5.91 Å². The Morgan fingerprint density at radius 2 is 2.05 bits per heavy atom. The summed E-state index contributed by atoms with van der Waals surface area (Å²) in [4.78, 5) is 19.7. The Bertz CT molecular complexity index is 812. The zero-order valence-corrected chi connectivity index (χ0v) is 12.6. The highest BCUT2D eigenvalue weighted by molar-refractivity contribution is 6.30. The van der Waals surface area contributed by atoms with E-state index in [9.17, 15) is 4.79 Å². The first-order valence-electron chi connectivity index (χ1n) is 6.70. The van der Waals surface area contributed by atoms with Gasteiger partial charge in [0.05, 0.1) is 11.0 Å². The first kappa shape index (κ1) is 14.6. The summed E-state index contributed by atoms with van der Waals surface area (Å²) in [5, 5.41) is 3.45. The Balaban J connectivity index is 1.81. The molecule has 0 aliphatic carbocycles. The van der Waals surface area contributed by atoms with Gasteiger partial charge in [-0.3, -0.25) is 4.79 Å². The predicted octanol–water partition coefficient (Wildman–Crippen LogP) is 3.62. The third kappa shape index (κ3) is 3.10. The van der Waals surface area contributed by atoms with Crippen LogP contribution in [0.4, 0.5) is 5.69 Å². The number of aromatic nitrogens is 2. The summed E-state index contributed by atoms with van der Waals surface area (Å²) in [6, 6.07) is 12.2. The fraction of sp³-hybridized carbons (Fsp3) is 0.125. The van der Waals surface area contributed by atoms with Crippen molar-refractivity contribution in [1.29, 1.82) is 0 Å². The lowest BCUT2D eigenvalue weighted by molar-refractivity contribution is 0.102. The van der Waals surface area contributed by atoms with Crippen LogP contribution in [0.15, 0.2) is 42.5 Å². The van der Waals surface area contributed by atoms with E-state index in [1.54, 1.807) is 31.4 Å². The number of anilines is 1. The normalized spacial score (nSPS) is 10.8. The molecule has 1 amide bonds. The van der Waals surface area contributed by atoms with Crippen molar-refractivity contribution in [3.05, 3.63) is 58.9 Å². The van der Waals surface area contributed by atoms with E-state index in [0.29, 0.717) is 22.9 Å². The Morgan fingerprint density at radius 1 is 1.27 bits per heavy atom. The second-order valence-corrected chi connectivity index (χ2v) is 5.25. The van der Waals surface area contributed by atoms with Crippen LogP contribution >= 0.6 is 11.6 Å². The van der Waals surface area contributed by atoms with Crippen LogP contribution in [-0.4, -0.2) is 23.0 Å². The number of hydrogen-bond donors (Lipinski definition) is 2. The van der Waals surface area contributed by atoms with Crippen molar-refractivity contribution >= 4 is 34.2 Å². The van der Waals surface area contributed by atoms with Crippen molar-refractivity contribution in [2.75, 3.05) is 12.4 Å². The van der Waals surface area contributed by atoms with Crippen molar-refractivity contribution in [3.8, 4) is 0 Å². The summed E-state index contributed by atoms with van der Waals surface area (Å²) >= 11 is 5.82. The summed E-state index contributed by atoms with van der Waals surface area (Å²) in [5.74, 6) is 0.561. The number of imidazole rings is 1. The molecule has 0 radical (unpaired) electrons. The Kier molecular flexibility index (Phi) is 4.09. The van der Waals surface area contributed by atoms with Crippen LogP contribution in [0.3, 0.4) is 0 Å². The summed E-state index contributed by atoms with van der Waals surface area (Å²) in [5.41, 5.74) is 2.92. The largest absolute Gasteiger partial charge is 0.377 e. The fourth-order valence-electron chi connectivity index (χ4n) is 2.15. The summed E-state index contributed by atoms with van der Waals surface area (Å²) < 4.78 is 5.05. The van der Waals surface area contributed by atoms with Gasteiger partial charge in [0, 0.05) is 23.4 Å². The summed E-state index contributed by atoms with van der Waals surface area (Å²) in [7, 11) is 1.62. The van der Waals surface area contributed by atoms with Gasteiger partial charge < -0.3 is 15.0 Å². The number of aromatic amines is 1. The molecule has 2 N–H and O–H groups in total. The number of methoxy groups -OCH3 is 1. The number of fused-ring (bicyclic) bond motifs is 1. The highest BCUT2D eigenvalue weighted by atomic mass is 35.5. The van der Waals surface area contributed by atoms with Crippen molar-refractivity contribution in [2.45, 2.75) is 6.61 Å². The molecule has 22 heavy (non-hydrogen) atoms. The SMILES string of the molecule is COCc1nc2ccc(NC(=O)c3ccc(Cl)cc3)cc2[nH]1. The van der Waals surface area contributed by atoms with Crippen molar-refractivity contribution in [3.63, 3.8) is 0 Å². The minimum atomic E-state index is -0.187. The van der Waals surface area contributed by atoms with Gasteiger partial charge in [-0.1, -0.05) is 11.6 Å². The minimum absolute atomic E-state index is 0.187. The van der Waals surface area contributed by atoms with Crippen LogP contribution in [0.5, 0.6) is 0 Å². The number of carbonyl (C=O) groups excluding carboxylic acids is 1. The molecule has 3 rings (SSSR count). The molecule has 0 atom stereocenters. The zero-order chi connectivity index (χ0) is 15.5. The topological polar surface area (TPSA) is 67.0 Å². The van der Waals surface area contributed by atoms with Gasteiger partial charge in [-0.25, -0.2) is 4.98 Å². The summed E-state index contributed by atoms with van der Waals surface area (Å²) in [6.45, 7) is 0.418. The molecule has 2 aromatic carbocycles. The Morgan fingerprint density at radius 3 is 2.77 bits per heavy atom. The number of nitrogens with zero attached hydrogens (tertiary/aromatic N) is 1. The fourth-order valence-corrected chi connectivity index (χ4v) is 2.28. The molecule has 0 saturated heterocycles. The van der Waals surface area contributed by atoms with Gasteiger partial charge in [-0.15, -0.1) is 0 Å². The highest BCUT2D eigenvalue weighted by Crippen LogP contribution is 2.19. The van der Waals surface area contributed by atoms with E-state index < -0.39 is 0 Å². The van der Waals surface area contributed by atoms with E-state index in [2.05, 4.69) is 15.3 Å². The number of nitrogens with one attached hydrogen (secondary N) is 2. The average Bonchev–Trinajstić information content (AvgIpc) is 2.90. The van der Waals surface area contributed by atoms with Crippen LogP contribution in [0.2, 0.25) is 5.02 Å². The predicted molar refractivity (Wildman–Crippen MR) is 86.2 cm³/mol. The molecule has 0 aliphatic heterocycles. The van der Waals surface area contributed by atoms with Gasteiger partial charge >= 0.3 is 0 Å². The van der Waals surface area contributed by atoms with Gasteiger partial charge in [0.2, 0.25) is 0 Å². The second-order valence-electron chi connectivity index (χ2n) is 4.81. The number of halogens is 1. The molecule has 0 saturated carbocycles. The maximum absolute atomic E-state index is 12.2. The molecule has 5 nitrogen and oxygen atoms in total. The number of benzene rings is 2. The molecular formula is C16H14ClN3O2. The standard InChI is InChI=1S/C16H14ClN3O2/c1-22-9-15-19-13-7-6-12(8-14(13)20-15)18-16(21)10-2-4-11(17)5-3-10/h2-8H,9H2,1H3,(H,18,21)(H,19,20). The first-order valence-corrected chi connectivity index (χ1v) is 7.08. The van der Waals surface area contributed by atoms with Crippen molar-refractivity contribution in [1.82, 2.24) is 9.97 Å². The number of amides is 1. The van der Waals surface area contributed by atoms with Gasteiger partial charge in [0.1, 0.15) is 12.4 Å². The van der Waals surface area contributed by atoms with E-state index in [-0.39, 0.29) is 5.91 Å². The zero-order valence-electron chi connectivity index (χ0n) is 11.9. The highest BCUT2D eigenvalue weighted by Gasteiger charge is 2.08. The van der Waals surface area contributed by atoms with Crippen LogP contribution < -0.4 is 5.32 Å². The van der Waals surface area contributed by atoms with E-state index in [4.69, 9.17) is 16.3 Å². The number of hydrogen-bond acceptors (Lipinski definition) is 3. The van der Waals surface area contributed by atoms with Crippen LogP contribution in [0.1, 0.15) is 16.2 Å². The van der Waals surface area contributed by atoms with Gasteiger partial charge in [-0.05, 0) is 42.5 Å². The third-order valence-electron chi connectivity index (χ3n) is 3.18. The third-order valence-corrected chi connectivity index (χ3v) is 3.43. The molecule has 0 bridgehead atoms. The first-order chi connectivity index (χ1) is 10.7. The van der Waals surface area contributed by atoms with Crippen molar-refractivity contribution in [2.24, 2.45) is 0 Å². The maximum atomic E-state index is 12.2. The van der Waals surface area contributed by atoms with E-state index in [1.807, 2.05) is 18.2 Å². The lowest BCUT2D eigenvalue weighted by Crippen LogP contribution is -2.11. The lowest BCUT2D eigenvalue weighted by Gasteiger charge is -2.05. The number of ether oxygens (including phenoxy) is 1. The number of carbonyl (C=O) groups is 1. The Labute approximate surface area is 132 Å². The van der Waals surface area contributed by atoms with E-state index in [0.717, 1.165) is 16.9 Å². The number of H-pyrrole nitrogens is 1. The Hall–Kier alpha value is -2.37. The summed E-state index contributed by atoms with van der Waals surface area (Å²) in [6.07, 6.45) is 0. The molecular weight excluding hydrogens is 302 g/mol. The molecule has 0 fully saturated rings. The maximum Gasteiger partial charge on any atom is 0.255 e. The molecule has 3 aromatic rings. The molecule has 1 heterocycles. The van der Waals surface area contributed by atoms with E-state index >= 15 is 0 Å². The monoisotopic (exact) mass is 315 g/mol. The molecule has 0 aliphatic rings. The van der Waals surface area contributed by atoms with Crippen LogP contribution in [0, 0.1) is 0 Å². The van der Waals surface area contributed by atoms with Crippen molar-refractivity contribution < 1.29 is 9.53 Å². The number of rotatable bonds is 4. The van der Waals surface area contributed by atoms with Gasteiger partial charge in [0.15, 0.2) is 0 Å².